The summed E-state index contributed by atoms with van der Waals surface area (Å²) < 4.78 is 37.9. The summed E-state index contributed by atoms with van der Waals surface area (Å²) in [4.78, 5) is 14.2. The zero-order chi connectivity index (χ0) is 16.3. The molecule has 4 nitrogen and oxygen atoms in total. The fourth-order valence-corrected chi connectivity index (χ4v) is 3.16. The molecule has 8 heteroatoms. The van der Waals surface area contributed by atoms with E-state index in [0.717, 1.165) is 12.6 Å². The number of aromatic amines is 1. The molecule has 2 N–H and O–H groups in total. The van der Waals surface area contributed by atoms with Gasteiger partial charge in [-0.25, -0.2) is 0 Å². The van der Waals surface area contributed by atoms with E-state index in [-0.39, 0.29) is 12.1 Å². The van der Waals surface area contributed by atoms with E-state index >= 15 is 0 Å². The van der Waals surface area contributed by atoms with Crippen molar-refractivity contribution in [3.63, 3.8) is 0 Å². The highest BCUT2D eigenvalue weighted by Crippen LogP contribution is 2.32. The molecule has 0 saturated heterocycles. The van der Waals surface area contributed by atoms with Crippen molar-refractivity contribution in [2.24, 2.45) is 0 Å². The van der Waals surface area contributed by atoms with Gasteiger partial charge in [0.05, 0.1) is 11.9 Å². The molecular formula is C14H16F3N3OS. The number of carbonyl (C=O) groups is 1. The maximum Gasteiger partial charge on any atom is 0.434 e. The van der Waals surface area contributed by atoms with Crippen LogP contribution in [0.15, 0.2) is 12.3 Å². The topological polar surface area (TPSA) is 57.8 Å². The zero-order valence-electron chi connectivity index (χ0n) is 12.2. The molecule has 0 fully saturated rings. The van der Waals surface area contributed by atoms with Gasteiger partial charge in [-0.3, -0.25) is 9.89 Å². The highest BCUT2D eigenvalue weighted by Gasteiger charge is 2.36. The number of carbonyl (C=O) groups excluding carboxylic acids is 1. The normalized spacial score (nSPS) is 11.7. The van der Waals surface area contributed by atoms with E-state index in [2.05, 4.69) is 16.5 Å². The van der Waals surface area contributed by atoms with Crippen molar-refractivity contribution in [1.82, 2.24) is 10.2 Å². The van der Waals surface area contributed by atoms with Crippen LogP contribution < -0.4 is 5.32 Å². The second-order valence-electron chi connectivity index (χ2n) is 5.00. The molecule has 0 aliphatic carbocycles. The summed E-state index contributed by atoms with van der Waals surface area (Å²) in [7, 11) is 0. The van der Waals surface area contributed by atoms with E-state index < -0.39 is 17.8 Å². The minimum atomic E-state index is -4.57. The van der Waals surface area contributed by atoms with Crippen molar-refractivity contribution in [2.45, 2.75) is 39.3 Å². The molecule has 0 atom stereocenters. The van der Waals surface area contributed by atoms with E-state index in [9.17, 15) is 18.0 Å². The molecule has 0 aliphatic rings. The Morgan fingerprint density at radius 3 is 2.73 bits per heavy atom. The summed E-state index contributed by atoms with van der Waals surface area (Å²) in [6.45, 7) is 4.04. The van der Waals surface area contributed by atoms with E-state index in [1.165, 1.54) is 15.3 Å². The molecule has 2 rings (SSSR count). The van der Waals surface area contributed by atoms with Gasteiger partial charge < -0.3 is 5.32 Å². The van der Waals surface area contributed by atoms with Gasteiger partial charge in [-0.2, -0.15) is 18.3 Å². The Morgan fingerprint density at radius 1 is 1.41 bits per heavy atom. The van der Waals surface area contributed by atoms with Gasteiger partial charge in [-0.1, -0.05) is 0 Å². The first kappa shape index (κ1) is 16.5. The van der Waals surface area contributed by atoms with E-state index in [1.807, 2.05) is 18.9 Å². The molecule has 2 aromatic rings. The Morgan fingerprint density at radius 2 is 2.14 bits per heavy atom. The Hall–Kier alpha value is -1.83. The average Bonchev–Trinajstić information content (AvgIpc) is 2.96. The summed E-state index contributed by atoms with van der Waals surface area (Å²) in [5, 5.41) is 7.43. The van der Waals surface area contributed by atoms with Crippen molar-refractivity contribution < 1.29 is 18.0 Å². The molecule has 0 unspecified atom stereocenters. The number of amides is 1. The van der Waals surface area contributed by atoms with Crippen LogP contribution in [0.4, 0.5) is 18.9 Å². The number of nitrogens with one attached hydrogen (secondary N) is 2. The van der Waals surface area contributed by atoms with Gasteiger partial charge in [0.15, 0.2) is 5.69 Å². The number of halogens is 3. The fourth-order valence-electron chi connectivity index (χ4n) is 2.18. The number of nitrogens with zero attached hydrogens (tertiary/aromatic N) is 1. The number of hydrogen-bond acceptors (Lipinski definition) is 3. The largest absolute Gasteiger partial charge is 0.434 e. The number of thiophene rings is 1. The Kier molecular flexibility index (Phi) is 4.90. The number of hydrogen-bond donors (Lipinski definition) is 2. The lowest BCUT2D eigenvalue weighted by Gasteiger charge is -2.08. The van der Waals surface area contributed by atoms with E-state index in [4.69, 9.17) is 0 Å². The maximum atomic E-state index is 12.6. The summed E-state index contributed by atoms with van der Waals surface area (Å²) in [5.74, 6) is -0.448. The molecule has 22 heavy (non-hydrogen) atoms. The average molecular weight is 331 g/mol. The Labute approximate surface area is 129 Å². The molecular weight excluding hydrogens is 315 g/mol. The minimum absolute atomic E-state index is 0.164. The second kappa shape index (κ2) is 6.51. The number of aromatic nitrogens is 2. The molecule has 0 radical (unpaired) electrons. The molecule has 0 aliphatic heterocycles. The zero-order valence-corrected chi connectivity index (χ0v) is 13.0. The van der Waals surface area contributed by atoms with Crippen LogP contribution in [0.1, 0.15) is 33.9 Å². The van der Waals surface area contributed by atoms with Crippen LogP contribution in [0.25, 0.3) is 0 Å². The molecule has 2 aromatic heterocycles. The van der Waals surface area contributed by atoms with Crippen LogP contribution in [0, 0.1) is 13.8 Å². The lowest BCUT2D eigenvalue weighted by atomic mass is 10.1. The predicted molar refractivity (Wildman–Crippen MR) is 79.0 cm³/mol. The van der Waals surface area contributed by atoms with Gasteiger partial charge in [0.2, 0.25) is 5.91 Å². The van der Waals surface area contributed by atoms with Crippen LogP contribution in [-0.2, 0) is 17.4 Å². The molecule has 0 bridgehead atoms. The fraction of sp³-hybridized carbons (Fsp3) is 0.429. The lowest BCUT2D eigenvalue weighted by Crippen LogP contribution is -2.15. The summed E-state index contributed by atoms with van der Waals surface area (Å²) in [6, 6.07) is 2.08. The molecule has 0 saturated carbocycles. The van der Waals surface area contributed by atoms with Crippen molar-refractivity contribution in [3.05, 3.63) is 33.3 Å². The van der Waals surface area contributed by atoms with Crippen LogP contribution in [-0.4, -0.2) is 16.1 Å². The van der Waals surface area contributed by atoms with Crippen molar-refractivity contribution in [1.29, 1.82) is 0 Å². The van der Waals surface area contributed by atoms with Crippen LogP contribution in [0.3, 0.4) is 0 Å². The van der Waals surface area contributed by atoms with Gasteiger partial charge in [-0.05, 0) is 38.3 Å². The molecule has 2 heterocycles. The molecule has 0 spiro atoms. The van der Waals surface area contributed by atoms with Crippen LogP contribution in [0.5, 0.6) is 0 Å². The molecule has 0 aromatic carbocycles. The Bertz CT molecular complexity index is 661. The van der Waals surface area contributed by atoms with Crippen LogP contribution >= 0.6 is 11.3 Å². The van der Waals surface area contributed by atoms with Gasteiger partial charge >= 0.3 is 6.18 Å². The Balaban J connectivity index is 1.86. The number of aryl methyl sites for hydroxylation is 3. The van der Waals surface area contributed by atoms with Crippen molar-refractivity contribution in [2.75, 3.05) is 5.32 Å². The highest BCUT2D eigenvalue weighted by molar-refractivity contribution is 7.12. The maximum absolute atomic E-state index is 12.6. The monoisotopic (exact) mass is 331 g/mol. The minimum Gasteiger partial charge on any atom is -0.323 e. The third-order valence-electron chi connectivity index (χ3n) is 3.19. The first-order valence-electron chi connectivity index (χ1n) is 6.73. The third kappa shape index (κ3) is 4.09. The van der Waals surface area contributed by atoms with Crippen LogP contribution in [0.2, 0.25) is 0 Å². The highest BCUT2D eigenvalue weighted by atomic mass is 32.1. The predicted octanol–water partition coefficient (Wildman–Crippen LogP) is 4.07. The number of alkyl halides is 3. The van der Waals surface area contributed by atoms with Gasteiger partial charge in [-0.15, -0.1) is 11.3 Å². The standard InChI is InChI=1S/C14H16F3N3OS/c1-8-6-10(9(2)22-8)4-3-5-12(21)19-11-7-18-20-13(11)14(15,16)17/h6-7H,3-5H2,1-2H3,(H,18,20)(H,19,21). The SMILES string of the molecule is Cc1cc(CCCC(=O)Nc2cn[nH]c2C(F)(F)F)c(C)s1. The quantitative estimate of drug-likeness (QED) is 0.868. The smallest absolute Gasteiger partial charge is 0.323 e. The first-order chi connectivity index (χ1) is 10.3. The van der Waals surface area contributed by atoms with Gasteiger partial charge in [0, 0.05) is 16.2 Å². The number of rotatable bonds is 5. The van der Waals surface area contributed by atoms with E-state index in [0.29, 0.717) is 6.42 Å². The first-order valence-corrected chi connectivity index (χ1v) is 7.55. The molecule has 120 valence electrons. The summed E-state index contributed by atoms with van der Waals surface area (Å²) in [6.07, 6.45) is -2.11. The van der Waals surface area contributed by atoms with E-state index in [1.54, 1.807) is 11.3 Å². The van der Waals surface area contributed by atoms with Crippen molar-refractivity contribution in [3.8, 4) is 0 Å². The van der Waals surface area contributed by atoms with Gasteiger partial charge in [0.1, 0.15) is 0 Å². The van der Waals surface area contributed by atoms with Gasteiger partial charge in [0.25, 0.3) is 0 Å². The van der Waals surface area contributed by atoms with Crippen molar-refractivity contribution >= 4 is 22.9 Å². The summed E-state index contributed by atoms with van der Waals surface area (Å²) in [5.41, 5.74) is -0.181. The summed E-state index contributed by atoms with van der Waals surface area (Å²) >= 11 is 1.70. The lowest BCUT2D eigenvalue weighted by molar-refractivity contribution is -0.140. The number of H-pyrrole nitrogens is 1. The molecule has 1 amide bonds. The second-order valence-corrected chi connectivity index (χ2v) is 6.46. The number of anilines is 1. The third-order valence-corrected chi connectivity index (χ3v) is 4.20.